The average Bonchev–Trinajstić information content (AvgIpc) is 3.10. The summed E-state index contributed by atoms with van der Waals surface area (Å²) < 4.78 is 0. The van der Waals surface area contributed by atoms with Crippen LogP contribution in [-0.2, 0) is 9.59 Å². The summed E-state index contributed by atoms with van der Waals surface area (Å²) >= 11 is 0. The predicted molar refractivity (Wildman–Crippen MR) is 91.4 cm³/mol. The van der Waals surface area contributed by atoms with Crippen molar-refractivity contribution < 1.29 is 9.59 Å². The highest BCUT2D eigenvalue weighted by Gasteiger charge is 2.48. The molecule has 2 aliphatic rings. The van der Waals surface area contributed by atoms with Gasteiger partial charge >= 0.3 is 0 Å². The summed E-state index contributed by atoms with van der Waals surface area (Å²) in [5, 5.41) is 3.18. The summed E-state index contributed by atoms with van der Waals surface area (Å²) in [6, 6.07) is 6.31. The lowest BCUT2D eigenvalue weighted by atomic mass is 9.95. The van der Waals surface area contributed by atoms with E-state index >= 15 is 0 Å². The third-order valence-electron chi connectivity index (χ3n) is 5.34. The van der Waals surface area contributed by atoms with Gasteiger partial charge in [0.15, 0.2) is 0 Å². The summed E-state index contributed by atoms with van der Waals surface area (Å²) in [7, 11) is 0. The van der Waals surface area contributed by atoms with E-state index in [1.165, 1.54) is 12.8 Å². The highest BCUT2D eigenvalue weighted by Crippen LogP contribution is 2.37. The van der Waals surface area contributed by atoms with Crippen molar-refractivity contribution in [3.8, 4) is 0 Å². The highest BCUT2D eigenvalue weighted by atomic mass is 16.2. The Balaban J connectivity index is 1.89. The van der Waals surface area contributed by atoms with Crippen molar-refractivity contribution in [3.05, 3.63) is 29.3 Å². The van der Waals surface area contributed by atoms with Gasteiger partial charge in [0.05, 0.1) is 0 Å². The van der Waals surface area contributed by atoms with Crippen LogP contribution in [0.2, 0.25) is 0 Å². The molecule has 1 aromatic carbocycles. The van der Waals surface area contributed by atoms with Crippen molar-refractivity contribution in [2.75, 3.05) is 4.90 Å². The maximum absolute atomic E-state index is 12.9. The van der Waals surface area contributed by atoms with Gasteiger partial charge < -0.3 is 5.32 Å². The van der Waals surface area contributed by atoms with Gasteiger partial charge in [-0.2, -0.15) is 0 Å². The van der Waals surface area contributed by atoms with Crippen LogP contribution in [-0.4, -0.2) is 23.4 Å². The minimum atomic E-state index is -0.778. The molecule has 0 unspecified atom stereocenters. The van der Waals surface area contributed by atoms with Crippen LogP contribution in [0.15, 0.2) is 18.2 Å². The number of aryl methyl sites for hydroxylation is 2. The second-order valence-corrected chi connectivity index (χ2v) is 7.25. The van der Waals surface area contributed by atoms with Gasteiger partial charge in [-0.3, -0.25) is 14.5 Å². The van der Waals surface area contributed by atoms with Crippen LogP contribution in [0.4, 0.5) is 5.69 Å². The molecule has 1 atom stereocenters. The Hall–Kier alpha value is -1.84. The molecule has 1 N–H and O–H groups in total. The van der Waals surface area contributed by atoms with E-state index in [9.17, 15) is 9.59 Å². The molecule has 124 valence electrons. The van der Waals surface area contributed by atoms with Gasteiger partial charge in [0, 0.05) is 18.2 Å². The minimum absolute atomic E-state index is 0.00442. The molecule has 3 rings (SSSR count). The van der Waals surface area contributed by atoms with Gasteiger partial charge in [0.1, 0.15) is 5.54 Å². The van der Waals surface area contributed by atoms with Crippen LogP contribution in [0.1, 0.15) is 56.6 Å². The van der Waals surface area contributed by atoms with Crippen LogP contribution in [0.5, 0.6) is 0 Å². The SMILES string of the molecule is Cc1ccc(N2C(=O)CC[C@@]2(C)C(=O)NC2CCCC2)c(C)c1. The Bertz CT molecular complexity index is 634. The third-order valence-corrected chi connectivity index (χ3v) is 5.34. The van der Waals surface area contributed by atoms with E-state index < -0.39 is 5.54 Å². The number of carbonyl (C=O) groups excluding carboxylic acids is 2. The lowest BCUT2D eigenvalue weighted by Crippen LogP contribution is -2.56. The predicted octanol–water partition coefficient (Wildman–Crippen LogP) is 3.25. The zero-order valence-corrected chi connectivity index (χ0v) is 14.3. The smallest absolute Gasteiger partial charge is 0.246 e. The van der Waals surface area contributed by atoms with Crippen molar-refractivity contribution in [3.63, 3.8) is 0 Å². The second-order valence-electron chi connectivity index (χ2n) is 7.25. The van der Waals surface area contributed by atoms with Gasteiger partial charge in [-0.15, -0.1) is 0 Å². The Morgan fingerprint density at radius 2 is 1.96 bits per heavy atom. The fraction of sp³-hybridized carbons (Fsp3) is 0.579. The summed E-state index contributed by atoms with van der Waals surface area (Å²) in [4.78, 5) is 27.2. The van der Waals surface area contributed by atoms with Crippen LogP contribution in [0.3, 0.4) is 0 Å². The molecule has 1 aliphatic heterocycles. The molecule has 1 saturated heterocycles. The lowest BCUT2D eigenvalue weighted by Gasteiger charge is -2.35. The van der Waals surface area contributed by atoms with Gasteiger partial charge in [-0.05, 0) is 51.7 Å². The number of anilines is 1. The molecule has 0 aromatic heterocycles. The Labute approximate surface area is 138 Å². The maximum Gasteiger partial charge on any atom is 0.246 e. The quantitative estimate of drug-likeness (QED) is 0.931. The first-order valence-corrected chi connectivity index (χ1v) is 8.63. The van der Waals surface area contributed by atoms with E-state index in [-0.39, 0.29) is 17.9 Å². The molecule has 1 saturated carbocycles. The van der Waals surface area contributed by atoms with Gasteiger partial charge in [0.25, 0.3) is 0 Å². The van der Waals surface area contributed by atoms with E-state index in [4.69, 9.17) is 0 Å². The molecular weight excluding hydrogens is 288 g/mol. The van der Waals surface area contributed by atoms with Gasteiger partial charge in [0.2, 0.25) is 11.8 Å². The van der Waals surface area contributed by atoms with Crippen molar-refractivity contribution in [1.82, 2.24) is 5.32 Å². The van der Waals surface area contributed by atoms with E-state index in [0.717, 1.165) is 29.7 Å². The van der Waals surface area contributed by atoms with Crippen LogP contribution >= 0.6 is 0 Å². The Morgan fingerprint density at radius 1 is 1.26 bits per heavy atom. The summed E-state index contributed by atoms with van der Waals surface area (Å²) in [5.41, 5.74) is 2.29. The third kappa shape index (κ3) is 2.87. The van der Waals surface area contributed by atoms with Gasteiger partial charge in [-0.1, -0.05) is 30.5 Å². The van der Waals surface area contributed by atoms with Crippen molar-refractivity contribution in [1.29, 1.82) is 0 Å². The number of nitrogens with zero attached hydrogens (tertiary/aromatic N) is 1. The van der Waals surface area contributed by atoms with Crippen LogP contribution in [0, 0.1) is 13.8 Å². The number of carbonyl (C=O) groups is 2. The zero-order valence-electron chi connectivity index (χ0n) is 14.3. The summed E-state index contributed by atoms with van der Waals surface area (Å²) in [6.07, 6.45) is 5.49. The van der Waals surface area contributed by atoms with Crippen molar-refractivity contribution >= 4 is 17.5 Å². The number of amides is 2. The van der Waals surface area contributed by atoms with Crippen molar-refractivity contribution in [2.24, 2.45) is 0 Å². The first-order valence-electron chi connectivity index (χ1n) is 8.63. The molecule has 1 aromatic rings. The largest absolute Gasteiger partial charge is 0.351 e. The number of hydrogen-bond acceptors (Lipinski definition) is 2. The molecule has 1 aliphatic carbocycles. The molecule has 1 heterocycles. The van der Waals surface area contributed by atoms with Gasteiger partial charge in [-0.25, -0.2) is 0 Å². The number of nitrogens with one attached hydrogen (secondary N) is 1. The Morgan fingerprint density at radius 3 is 2.61 bits per heavy atom. The summed E-state index contributed by atoms with van der Waals surface area (Å²) in [6.45, 7) is 5.94. The molecule has 0 bridgehead atoms. The topological polar surface area (TPSA) is 49.4 Å². The minimum Gasteiger partial charge on any atom is -0.351 e. The first-order chi connectivity index (χ1) is 10.9. The molecule has 4 heteroatoms. The molecule has 2 fully saturated rings. The number of benzene rings is 1. The first kappa shape index (κ1) is 16.0. The maximum atomic E-state index is 12.9. The van der Waals surface area contributed by atoms with Crippen LogP contribution in [0.25, 0.3) is 0 Å². The summed E-state index contributed by atoms with van der Waals surface area (Å²) in [5.74, 6) is 0.0382. The highest BCUT2D eigenvalue weighted by molar-refractivity contribution is 6.07. The molecule has 0 spiro atoms. The van der Waals surface area contributed by atoms with E-state index in [1.54, 1.807) is 4.90 Å². The lowest BCUT2D eigenvalue weighted by molar-refractivity contribution is -0.127. The van der Waals surface area contributed by atoms with Crippen LogP contribution < -0.4 is 10.2 Å². The zero-order chi connectivity index (χ0) is 16.6. The van der Waals surface area contributed by atoms with E-state index in [0.29, 0.717) is 12.8 Å². The number of hydrogen-bond donors (Lipinski definition) is 1. The molecule has 2 amide bonds. The molecule has 0 radical (unpaired) electrons. The standard InChI is InChI=1S/C19H26N2O2/c1-13-8-9-16(14(2)12-13)21-17(22)10-11-19(21,3)18(23)20-15-6-4-5-7-15/h8-9,12,15H,4-7,10-11H2,1-3H3,(H,20,23)/t19-/m0/s1. The fourth-order valence-corrected chi connectivity index (χ4v) is 3.93. The fourth-order valence-electron chi connectivity index (χ4n) is 3.93. The number of rotatable bonds is 3. The molecular formula is C19H26N2O2. The monoisotopic (exact) mass is 314 g/mol. The average molecular weight is 314 g/mol. The van der Waals surface area contributed by atoms with Crippen molar-refractivity contribution in [2.45, 2.75) is 70.9 Å². The second kappa shape index (κ2) is 5.99. The molecule has 4 nitrogen and oxygen atoms in total. The normalized spacial score (nSPS) is 25.2. The van der Waals surface area contributed by atoms with E-state index in [2.05, 4.69) is 11.4 Å². The molecule has 23 heavy (non-hydrogen) atoms. The Kier molecular flexibility index (Phi) is 4.17. The van der Waals surface area contributed by atoms with E-state index in [1.807, 2.05) is 32.9 Å².